The number of halogens is 3. The van der Waals surface area contributed by atoms with Gasteiger partial charge in [0.05, 0.1) is 60.0 Å². The molecule has 0 atom stereocenters. The van der Waals surface area contributed by atoms with E-state index in [0.717, 1.165) is 11.6 Å². The molecule has 224 valence electrons. The third-order valence-corrected chi connectivity index (χ3v) is 7.90. The topological polar surface area (TPSA) is 133 Å². The van der Waals surface area contributed by atoms with Crippen LogP contribution in [0.4, 0.5) is 19.0 Å². The minimum atomic E-state index is -4.67. The van der Waals surface area contributed by atoms with E-state index < -0.39 is 23.0 Å². The third-order valence-electron chi connectivity index (χ3n) is 7.90. The van der Waals surface area contributed by atoms with Crippen LogP contribution in [0.2, 0.25) is 0 Å². The Labute approximate surface area is 248 Å². The van der Waals surface area contributed by atoms with Crippen LogP contribution in [0.5, 0.6) is 0 Å². The number of hydrogen-bond acceptors (Lipinski definition) is 8. The van der Waals surface area contributed by atoms with E-state index in [1.807, 2.05) is 30.5 Å². The minimum absolute atomic E-state index is 0.186. The molecule has 10 nitrogen and oxygen atoms in total. The minimum Gasteiger partial charge on any atom is -0.466 e. The molecule has 44 heavy (non-hydrogen) atoms. The van der Waals surface area contributed by atoms with Crippen LogP contribution in [-0.4, -0.2) is 44.9 Å². The van der Waals surface area contributed by atoms with Crippen molar-refractivity contribution in [1.29, 1.82) is 5.26 Å². The summed E-state index contributed by atoms with van der Waals surface area (Å²) in [5.41, 5.74) is 8.48. The first-order chi connectivity index (χ1) is 21.1. The molecular weight excluding hydrogens is 575 g/mol. The Kier molecular flexibility index (Phi) is 7.09. The molecule has 1 aliphatic rings. The number of nitrogens with two attached hydrogens (primary N) is 1. The van der Waals surface area contributed by atoms with Crippen molar-refractivity contribution >= 4 is 33.7 Å². The van der Waals surface area contributed by atoms with Gasteiger partial charge >= 0.3 is 12.1 Å². The molecule has 0 radical (unpaired) electrons. The van der Waals surface area contributed by atoms with Crippen LogP contribution in [0.3, 0.4) is 0 Å². The second kappa shape index (κ2) is 10.8. The molecule has 0 spiro atoms. The number of nitrogens with zero attached hydrogens (tertiary/aromatic N) is 6. The maximum absolute atomic E-state index is 13.6. The maximum Gasteiger partial charge on any atom is 0.419 e. The van der Waals surface area contributed by atoms with E-state index in [2.05, 4.69) is 15.0 Å². The van der Waals surface area contributed by atoms with Crippen molar-refractivity contribution in [1.82, 2.24) is 19.1 Å². The summed E-state index contributed by atoms with van der Waals surface area (Å²) in [6.07, 6.45) is 0.337. The van der Waals surface area contributed by atoms with E-state index in [1.54, 1.807) is 47.5 Å². The molecule has 0 bridgehead atoms. The monoisotopic (exact) mass is 601 g/mol. The number of carbonyl (C=O) groups excluding carboxylic acids is 1. The molecule has 5 aromatic rings. The van der Waals surface area contributed by atoms with Gasteiger partial charge in [-0.25, -0.2) is 4.98 Å². The normalized spacial score (nSPS) is 14.9. The lowest BCUT2D eigenvalue weighted by Gasteiger charge is -2.41. The zero-order chi connectivity index (χ0) is 31.2. The number of alkyl halides is 3. The van der Waals surface area contributed by atoms with E-state index in [1.165, 1.54) is 6.20 Å². The number of aryl methyl sites for hydroxylation is 1. The Hall–Kier alpha value is -5.22. The zero-order valence-electron chi connectivity index (χ0n) is 23.7. The van der Waals surface area contributed by atoms with Gasteiger partial charge in [0.25, 0.3) is 0 Å². The van der Waals surface area contributed by atoms with Gasteiger partial charge in [-0.1, -0.05) is 18.2 Å². The fourth-order valence-electron chi connectivity index (χ4n) is 5.63. The maximum atomic E-state index is 13.6. The number of pyridine rings is 2. The van der Waals surface area contributed by atoms with Crippen LogP contribution in [0.1, 0.15) is 24.5 Å². The van der Waals surface area contributed by atoms with Gasteiger partial charge in [0.1, 0.15) is 5.82 Å². The van der Waals surface area contributed by atoms with Crippen LogP contribution in [0, 0.1) is 11.5 Å². The summed E-state index contributed by atoms with van der Waals surface area (Å²) in [6, 6.07) is 13.6. The predicted molar refractivity (Wildman–Crippen MR) is 155 cm³/mol. The number of ether oxygens (including phenoxy) is 2. The molecule has 0 unspecified atom stereocenters. The molecular formula is C31H26F3N7O3. The van der Waals surface area contributed by atoms with Gasteiger partial charge in [-0.15, -0.1) is 4.99 Å². The number of anilines is 1. The molecule has 0 saturated carbocycles. The van der Waals surface area contributed by atoms with Gasteiger partial charge in [0.15, 0.2) is 0 Å². The van der Waals surface area contributed by atoms with Gasteiger partial charge in [0, 0.05) is 29.9 Å². The Balaban J connectivity index is 1.53. The van der Waals surface area contributed by atoms with Crippen LogP contribution in [-0.2, 0) is 32.9 Å². The summed E-state index contributed by atoms with van der Waals surface area (Å²) in [5.74, 6) is -0.900. The van der Waals surface area contributed by atoms with E-state index in [-0.39, 0.29) is 18.0 Å². The largest absolute Gasteiger partial charge is 0.466 e. The van der Waals surface area contributed by atoms with Crippen LogP contribution >= 0.6 is 0 Å². The Morgan fingerprint density at radius 2 is 1.89 bits per heavy atom. The van der Waals surface area contributed by atoms with Gasteiger partial charge < -0.3 is 19.8 Å². The summed E-state index contributed by atoms with van der Waals surface area (Å²) >= 11 is 0. The first-order valence-corrected chi connectivity index (χ1v) is 13.7. The van der Waals surface area contributed by atoms with E-state index in [4.69, 9.17) is 15.2 Å². The summed E-state index contributed by atoms with van der Waals surface area (Å²) in [6.45, 7) is 2.82. The SMILES string of the molecule is CCOC(=O)CC1(c2ccc(-n3/c(=N\C#N)n(C)c4cnc5ccc(-c6cnc(N)c(C(F)(F)F)c6)cc5c43)cc2)COC1. The lowest BCUT2D eigenvalue weighted by atomic mass is 9.76. The second-order valence-electron chi connectivity index (χ2n) is 10.6. The van der Waals surface area contributed by atoms with E-state index in [9.17, 15) is 23.2 Å². The Morgan fingerprint density at radius 1 is 1.14 bits per heavy atom. The van der Waals surface area contributed by atoms with Gasteiger partial charge in [0.2, 0.25) is 11.8 Å². The molecule has 6 rings (SSSR count). The number of carbonyl (C=O) groups is 1. The average Bonchev–Trinajstić information content (AvgIpc) is 3.26. The quantitative estimate of drug-likeness (QED) is 0.219. The molecule has 2 N–H and O–H groups in total. The zero-order valence-corrected chi connectivity index (χ0v) is 23.7. The molecule has 0 aliphatic carbocycles. The summed E-state index contributed by atoms with van der Waals surface area (Å²) in [5, 5.41) is 10.2. The highest BCUT2D eigenvalue weighted by Gasteiger charge is 2.42. The first-order valence-electron chi connectivity index (χ1n) is 13.7. The highest BCUT2D eigenvalue weighted by molar-refractivity contribution is 6.04. The van der Waals surface area contributed by atoms with E-state index >= 15 is 0 Å². The third kappa shape index (κ3) is 4.83. The molecule has 13 heteroatoms. The molecule has 1 fully saturated rings. The highest BCUT2D eigenvalue weighted by Crippen LogP contribution is 2.38. The molecule has 4 heterocycles. The summed E-state index contributed by atoms with van der Waals surface area (Å²) in [4.78, 5) is 24.7. The molecule has 1 saturated heterocycles. The first kappa shape index (κ1) is 28.9. The smallest absolute Gasteiger partial charge is 0.419 e. The average molecular weight is 602 g/mol. The molecule has 1 aliphatic heterocycles. The number of imidazole rings is 1. The fraction of sp³-hybridized carbons (Fsp3) is 0.258. The number of benzene rings is 2. The molecule has 2 aromatic carbocycles. The number of rotatable bonds is 6. The van der Waals surface area contributed by atoms with Crippen molar-refractivity contribution in [2.75, 3.05) is 25.6 Å². The number of nitriles is 1. The number of aromatic nitrogens is 4. The van der Waals surface area contributed by atoms with E-state index in [0.29, 0.717) is 58.6 Å². The highest BCUT2D eigenvalue weighted by atomic mass is 19.4. The van der Waals surface area contributed by atoms with Crippen molar-refractivity contribution < 1.29 is 27.4 Å². The number of esters is 1. The van der Waals surface area contributed by atoms with Crippen LogP contribution in [0.25, 0.3) is 38.8 Å². The van der Waals surface area contributed by atoms with Crippen molar-refractivity contribution in [3.63, 3.8) is 0 Å². The van der Waals surface area contributed by atoms with Crippen LogP contribution < -0.4 is 11.4 Å². The number of nitrogen functional groups attached to an aromatic ring is 1. The summed E-state index contributed by atoms with van der Waals surface area (Å²) < 4.78 is 54.9. The lowest BCUT2D eigenvalue weighted by molar-refractivity contribution is -0.151. The molecule has 0 amide bonds. The number of fused-ring (bicyclic) bond motifs is 3. The lowest BCUT2D eigenvalue weighted by Crippen LogP contribution is -2.48. The van der Waals surface area contributed by atoms with Gasteiger partial charge in [-0.05, 0) is 48.4 Å². The second-order valence-corrected chi connectivity index (χ2v) is 10.6. The van der Waals surface area contributed by atoms with Crippen molar-refractivity contribution in [2.45, 2.75) is 24.9 Å². The number of hydrogen-bond donors (Lipinski definition) is 1. The van der Waals surface area contributed by atoms with Crippen molar-refractivity contribution in [3.05, 3.63) is 77.7 Å². The standard InChI is InChI=1S/C31H26F3N7O3/c1-3-44-26(42)12-30(15-43-16-30)20-5-7-21(8-6-20)41-27-22-10-18(19-11-23(31(32,33)34)28(36)38-13-19)4-9-24(22)37-14-25(27)40(2)29(41)39-17-35/h4-11,13-14H,3,12,15-16H2,1-2H3,(H2,36,38)/b39-29-. The van der Waals surface area contributed by atoms with Gasteiger partial charge in [-0.3, -0.25) is 14.3 Å². The fourth-order valence-corrected chi connectivity index (χ4v) is 5.63. The molecule has 3 aromatic heterocycles. The summed E-state index contributed by atoms with van der Waals surface area (Å²) in [7, 11) is 1.75. The Morgan fingerprint density at radius 3 is 2.52 bits per heavy atom. The van der Waals surface area contributed by atoms with Gasteiger partial charge in [-0.2, -0.15) is 18.4 Å². The Bertz CT molecular complexity index is 2040. The van der Waals surface area contributed by atoms with Crippen LogP contribution in [0.15, 0.2) is 65.9 Å². The van der Waals surface area contributed by atoms with Crippen molar-refractivity contribution in [3.8, 4) is 23.0 Å². The van der Waals surface area contributed by atoms with Crippen molar-refractivity contribution in [2.24, 2.45) is 12.0 Å². The predicted octanol–water partition coefficient (Wildman–Crippen LogP) is 4.78.